The first-order valence-corrected chi connectivity index (χ1v) is 8.30. The van der Waals surface area contributed by atoms with Crippen molar-refractivity contribution in [3.8, 4) is 0 Å². The molecule has 0 spiro atoms. The number of nitrogens with one attached hydrogen (secondary N) is 1. The zero-order valence-corrected chi connectivity index (χ0v) is 13.8. The van der Waals surface area contributed by atoms with E-state index in [1.54, 1.807) is 0 Å². The molecule has 0 aliphatic carbocycles. The summed E-state index contributed by atoms with van der Waals surface area (Å²) in [6.07, 6.45) is 2.88. The number of hydrogen-bond donors (Lipinski definition) is 1. The molecular weight excluding hydrogens is 296 g/mol. The van der Waals surface area contributed by atoms with Crippen LogP contribution in [0.2, 0.25) is 0 Å². The van der Waals surface area contributed by atoms with Crippen LogP contribution in [0.1, 0.15) is 50.3 Å². The number of H-pyrrole nitrogens is 1. The highest BCUT2D eigenvalue weighted by Gasteiger charge is 2.26. The van der Waals surface area contributed by atoms with Gasteiger partial charge < -0.3 is 4.74 Å². The molecule has 1 fully saturated rings. The summed E-state index contributed by atoms with van der Waals surface area (Å²) in [5, 5.41) is 19.3. The topological polar surface area (TPSA) is 97.6 Å². The van der Waals surface area contributed by atoms with Crippen molar-refractivity contribution in [3.63, 3.8) is 0 Å². The molecule has 23 heavy (non-hydrogen) atoms. The second kappa shape index (κ2) is 7.60. The largest absolute Gasteiger partial charge is 0.367 e. The number of morpholine rings is 1. The molecule has 126 valence electrons. The van der Waals surface area contributed by atoms with Gasteiger partial charge in [0.1, 0.15) is 11.9 Å². The van der Waals surface area contributed by atoms with Crippen LogP contribution in [0.3, 0.4) is 0 Å². The third-order valence-electron chi connectivity index (χ3n) is 3.88. The van der Waals surface area contributed by atoms with E-state index in [9.17, 15) is 0 Å². The highest BCUT2D eigenvalue weighted by Crippen LogP contribution is 2.20. The first-order valence-electron chi connectivity index (χ1n) is 8.30. The van der Waals surface area contributed by atoms with Crippen LogP contribution >= 0.6 is 0 Å². The maximum Gasteiger partial charge on any atom is 0.180 e. The van der Waals surface area contributed by atoms with Gasteiger partial charge >= 0.3 is 0 Å². The average Bonchev–Trinajstić information content (AvgIpc) is 3.19. The molecule has 0 saturated carbocycles. The van der Waals surface area contributed by atoms with Crippen LogP contribution in [-0.2, 0) is 24.2 Å². The van der Waals surface area contributed by atoms with Gasteiger partial charge in [-0.3, -0.25) is 10.00 Å². The minimum atomic E-state index is -0.0962. The van der Waals surface area contributed by atoms with Crippen LogP contribution in [-0.4, -0.2) is 60.0 Å². The monoisotopic (exact) mass is 320 g/mol. The lowest BCUT2D eigenvalue weighted by atomic mass is 10.2. The lowest BCUT2D eigenvalue weighted by Crippen LogP contribution is -2.38. The summed E-state index contributed by atoms with van der Waals surface area (Å²) in [5.74, 6) is 2.57. The quantitative estimate of drug-likeness (QED) is 0.803. The Labute approximate surface area is 135 Å². The van der Waals surface area contributed by atoms with E-state index in [1.807, 2.05) is 4.68 Å². The summed E-state index contributed by atoms with van der Waals surface area (Å²) in [4.78, 5) is 6.83. The third kappa shape index (κ3) is 3.91. The summed E-state index contributed by atoms with van der Waals surface area (Å²) < 4.78 is 7.71. The number of aryl methyl sites for hydroxylation is 2. The number of tetrazole rings is 1. The van der Waals surface area contributed by atoms with Crippen LogP contribution in [0, 0.1) is 0 Å². The normalized spacial score (nSPS) is 19.3. The third-order valence-corrected chi connectivity index (χ3v) is 3.88. The van der Waals surface area contributed by atoms with Gasteiger partial charge in [-0.25, -0.2) is 9.67 Å². The molecule has 1 atom stereocenters. The van der Waals surface area contributed by atoms with Crippen molar-refractivity contribution in [2.24, 2.45) is 0 Å². The molecule has 3 rings (SSSR count). The van der Waals surface area contributed by atoms with Gasteiger partial charge in [0, 0.05) is 26.1 Å². The lowest BCUT2D eigenvalue weighted by Gasteiger charge is -2.30. The number of nitrogens with zero attached hydrogens (tertiary/aromatic N) is 7. The first-order chi connectivity index (χ1) is 11.3. The van der Waals surface area contributed by atoms with Crippen LogP contribution < -0.4 is 0 Å². The van der Waals surface area contributed by atoms with E-state index in [0.717, 1.165) is 62.9 Å². The molecule has 0 amide bonds. The van der Waals surface area contributed by atoms with Crippen LogP contribution in [0.15, 0.2) is 0 Å². The molecule has 1 aliphatic rings. The molecule has 0 bridgehead atoms. The zero-order valence-electron chi connectivity index (χ0n) is 13.8. The summed E-state index contributed by atoms with van der Waals surface area (Å²) in [7, 11) is 0. The van der Waals surface area contributed by atoms with E-state index in [4.69, 9.17) is 4.74 Å². The van der Waals surface area contributed by atoms with E-state index < -0.39 is 0 Å². The highest BCUT2D eigenvalue weighted by molar-refractivity contribution is 4.97. The minimum Gasteiger partial charge on any atom is -0.367 e. The second-order valence-corrected chi connectivity index (χ2v) is 5.80. The van der Waals surface area contributed by atoms with Crippen molar-refractivity contribution in [1.82, 2.24) is 40.3 Å². The molecule has 9 nitrogen and oxygen atoms in total. The summed E-state index contributed by atoms with van der Waals surface area (Å²) in [6.45, 7) is 8.09. The van der Waals surface area contributed by atoms with Crippen molar-refractivity contribution >= 4 is 0 Å². The van der Waals surface area contributed by atoms with E-state index >= 15 is 0 Å². The summed E-state index contributed by atoms with van der Waals surface area (Å²) in [6, 6.07) is 0. The van der Waals surface area contributed by atoms with Gasteiger partial charge in [-0.15, -0.1) is 5.10 Å². The van der Waals surface area contributed by atoms with Crippen molar-refractivity contribution in [3.05, 3.63) is 17.5 Å². The van der Waals surface area contributed by atoms with E-state index in [-0.39, 0.29) is 6.10 Å². The molecule has 1 saturated heterocycles. The summed E-state index contributed by atoms with van der Waals surface area (Å²) in [5.41, 5.74) is 0. The highest BCUT2D eigenvalue weighted by atomic mass is 16.5. The molecule has 9 heteroatoms. The van der Waals surface area contributed by atoms with Crippen molar-refractivity contribution in [2.45, 2.75) is 52.3 Å². The Morgan fingerprint density at radius 1 is 1.30 bits per heavy atom. The predicted molar refractivity (Wildman–Crippen MR) is 82.5 cm³/mol. The van der Waals surface area contributed by atoms with Gasteiger partial charge in [-0.05, 0) is 23.3 Å². The van der Waals surface area contributed by atoms with Crippen LogP contribution in [0.4, 0.5) is 0 Å². The number of rotatable bonds is 7. The molecule has 0 radical (unpaired) electrons. The Bertz CT molecular complexity index is 609. The fraction of sp³-hybridized carbons (Fsp3) is 0.786. The maximum absolute atomic E-state index is 5.84. The number of aromatic nitrogens is 7. The maximum atomic E-state index is 5.84. The van der Waals surface area contributed by atoms with Gasteiger partial charge in [0.15, 0.2) is 11.6 Å². The van der Waals surface area contributed by atoms with Crippen molar-refractivity contribution < 1.29 is 4.74 Å². The fourth-order valence-corrected chi connectivity index (χ4v) is 2.73. The molecule has 1 N–H and O–H groups in total. The lowest BCUT2D eigenvalue weighted by molar-refractivity contribution is -0.0381. The number of hydrogen-bond acceptors (Lipinski definition) is 7. The van der Waals surface area contributed by atoms with Gasteiger partial charge in [0.2, 0.25) is 0 Å². The molecule has 1 aliphatic heterocycles. The molecule has 3 heterocycles. The predicted octanol–water partition coefficient (Wildman–Crippen LogP) is 0.727. The number of ether oxygens (including phenoxy) is 1. The van der Waals surface area contributed by atoms with E-state index in [0.29, 0.717) is 6.61 Å². The van der Waals surface area contributed by atoms with Gasteiger partial charge in [-0.1, -0.05) is 13.8 Å². The van der Waals surface area contributed by atoms with Gasteiger partial charge in [0.05, 0.1) is 13.2 Å². The summed E-state index contributed by atoms with van der Waals surface area (Å²) >= 11 is 0. The SMILES string of the molecule is CCCc1nc([C@H]2CN(Cc3nnnn3CCC)CCO2)n[nH]1. The molecule has 0 unspecified atom stereocenters. The molecular formula is C14H24N8O. The Hall–Kier alpha value is -1.87. The van der Waals surface area contributed by atoms with Crippen molar-refractivity contribution in [2.75, 3.05) is 19.7 Å². The fourth-order valence-electron chi connectivity index (χ4n) is 2.73. The average molecular weight is 320 g/mol. The van der Waals surface area contributed by atoms with E-state index in [1.165, 1.54) is 0 Å². The Morgan fingerprint density at radius 2 is 2.22 bits per heavy atom. The van der Waals surface area contributed by atoms with Gasteiger partial charge in [-0.2, -0.15) is 5.10 Å². The minimum absolute atomic E-state index is 0.0962. The number of aromatic amines is 1. The molecule has 2 aromatic heterocycles. The standard InChI is InChI=1S/C14H24N8O/c1-3-5-12-15-14(18-16-12)11-9-21(7-8-23-11)10-13-17-19-20-22(13)6-4-2/h11H,3-10H2,1-2H3,(H,15,16,18)/t11-/m1/s1. The first kappa shape index (κ1) is 16.0. The Balaban J connectivity index is 1.62. The second-order valence-electron chi connectivity index (χ2n) is 5.80. The van der Waals surface area contributed by atoms with Crippen LogP contribution in [0.5, 0.6) is 0 Å². The van der Waals surface area contributed by atoms with Gasteiger partial charge in [0.25, 0.3) is 0 Å². The smallest absolute Gasteiger partial charge is 0.180 e. The van der Waals surface area contributed by atoms with Crippen molar-refractivity contribution in [1.29, 1.82) is 0 Å². The Kier molecular flexibility index (Phi) is 5.29. The van der Waals surface area contributed by atoms with Crippen LogP contribution in [0.25, 0.3) is 0 Å². The van der Waals surface area contributed by atoms with E-state index in [2.05, 4.69) is 49.5 Å². The Morgan fingerprint density at radius 3 is 3.04 bits per heavy atom. The molecule has 2 aromatic rings. The molecule has 0 aromatic carbocycles. The zero-order chi connectivity index (χ0) is 16.1.